The molecule has 0 radical (unpaired) electrons. The second-order valence-electron chi connectivity index (χ2n) is 6.78. The molecule has 1 aliphatic carbocycles. The molecule has 3 aromatic rings. The molecule has 0 saturated carbocycles. The molecule has 2 N–H and O–H groups in total. The summed E-state index contributed by atoms with van der Waals surface area (Å²) in [6.07, 6.45) is 2.06. The molecule has 4 rings (SSSR count). The molecule has 0 saturated heterocycles. The van der Waals surface area contributed by atoms with Crippen LogP contribution >= 0.6 is 0 Å². The number of nitrogens with one attached hydrogen (secondary N) is 2. The summed E-state index contributed by atoms with van der Waals surface area (Å²) in [5.74, 6) is 0. The highest BCUT2D eigenvalue weighted by atomic mass is 15.0. The largest absolute Gasteiger partial charge is 0.377 e. The highest BCUT2D eigenvalue weighted by Crippen LogP contribution is 2.34. The molecule has 0 aliphatic heterocycles. The summed E-state index contributed by atoms with van der Waals surface area (Å²) in [7, 11) is 2.05. The molecule has 2 atom stereocenters. The minimum Gasteiger partial charge on any atom is -0.377 e. The van der Waals surface area contributed by atoms with Crippen LogP contribution in [0.2, 0.25) is 0 Å². The number of rotatable bonds is 5. The van der Waals surface area contributed by atoms with Crippen molar-refractivity contribution in [2.24, 2.45) is 0 Å². The van der Waals surface area contributed by atoms with E-state index < -0.39 is 0 Å². The van der Waals surface area contributed by atoms with E-state index >= 15 is 0 Å². The normalized spacial score (nSPS) is 18.8. The van der Waals surface area contributed by atoms with Crippen molar-refractivity contribution in [3.8, 4) is 0 Å². The van der Waals surface area contributed by atoms with Gasteiger partial charge in [0.1, 0.15) is 0 Å². The molecule has 0 aromatic heterocycles. The van der Waals surface area contributed by atoms with Gasteiger partial charge in [0.15, 0.2) is 0 Å². The molecule has 0 amide bonds. The van der Waals surface area contributed by atoms with E-state index in [1.807, 2.05) is 7.05 Å². The van der Waals surface area contributed by atoms with Gasteiger partial charge in [-0.25, -0.2) is 0 Å². The number of fused-ring (bicyclic) bond motifs is 1. The molecular formula is C23H24N2. The molecule has 2 unspecified atom stereocenters. The highest BCUT2D eigenvalue weighted by Gasteiger charge is 2.30. The Morgan fingerprint density at radius 2 is 1.48 bits per heavy atom. The zero-order valence-corrected chi connectivity index (χ0v) is 14.6. The Morgan fingerprint density at radius 1 is 0.800 bits per heavy atom. The first-order valence-corrected chi connectivity index (χ1v) is 8.98. The van der Waals surface area contributed by atoms with Crippen molar-refractivity contribution in [1.29, 1.82) is 0 Å². The van der Waals surface area contributed by atoms with Crippen molar-refractivity contribution in [3.05, 3.63) is 101 Å². The van der Waals surface area contributed by atoms with Gasteiger partial charge in [-0.15, -0.1) is 0 Å². The van der Waals surface area contributed by atoms with Crippen LogP contribution in [-0.2, 0) is 12.8 Å². The van der Waals surface area contributed by atoms with E-state index in [0.29, 0.717) is 12.1 Å². The van der Waals surface area contributed by atoms with E-state index in [2.05, 4.69) is 89.5 Å². The Labute approximate surface area is 149 Å². The summed E-state index contributed by atoms with van der Waals surface area (Å²) in [6, 6.07) is 29.0. The highest BCUT2D eigenvalue weighted by molar-refractivity contribution is 5.51. The van der Waals surface area contributed by atoms with Crippen LogP contribution in [0.5, 0.6) is 0 Å². The van der Waals surface area contributed by atoms with Crippen LogP contribution in [0.3, 0.4) is 0 Å². The number of benzene rings is 3. The number of likely N-dealkylation sites (N-methyl/N-ethyl adjacent to an activating group) is 1. The predicted molar refractivity (Wildman–Crippen MR) is 105 cm³/mol. The van der Waals surface area contributed by atoms with E-state index in [1.54, 1.807) is 0 Å². The maximum atomic E-state index is 3.73. The summed E-state index contributed by atoms with van der Waals surface area (Å²) in [5.41, 5.74) is 6.73. The molecule has 126 valence electrons. The van der Waals surface area contributed by atoms with Gasteiger partial charge in [0.2, 0.25) is 0 Å². The van der Waals surface area contributed by atoms with E-state index in [9.17, 15) is 0 Å². The van der Waals surface area contributed by atoms with Crippen molar-refractivity contribution < 1.29 is 0 Å². The van der Waals surface area contributed by atoms with E-state index in [0.717, 1.165) is 12.8 Å². The summed E-state index contributed by atoms with van der Waals surface area (Å²) in [5, 5.41) is 7.19. The van der Waals surface area contributed by atoms with Crippen LogP contribution in [0.1, 0.15) is 28.3 Å². The van der Waals surface area contributed by atoms with Crippen LogP contribution < -0.4 is 10.6 Å². The molecule has 0 spiro atoms. The number of anilines is 1. The van der Waals surface area contributed by atoms with Gasteiger partial charge in [-0.05, 0) is 54.3 Å². The Morgan fingerprint density at radius 3 is 2.24 bits per heavy atom. The lowest BCUT2D eigenvalue weighted by molar-refractivity contribution is 0.529. The third-order valence-corrected chi connectivity index (χ3v) is 5.13. The Kier molecular flexibility index (Phi) is 4.53. The first-order valence-electron chi connectivity index (χ1n) is 8.98. The molecule has 25 heavy (non-hydrogen) atoms. The molecular weight excluding hydrogens is 304 g/mol. The van der Waals surface area contributed by atoms with Crippen LogP contribution in [0.4, 0.5) is 5.69 Å². The first-order chi connectivity index (χ1) is 12.3. The average Bonchev–Trinajstić information content (AvgIpc) is 3.02. The van der Waals surface area contributed by atoms with E-state index in [-0.39, 0.29) is 0 Å². The Bertz CT molecular complexity index is 824. The summed E-state index contributed by atoms with van der Waals surface area (Å²) in [6.45, 7) is 0. The summed E-state index contributed by atoms with van der Waals surface area (Å²) < 4.78 is 0. The molecule has 0 fully saturated rings. The minimum atomic E-state index is 0.321. The molecule has 2 heteroatoms. The van der Waals surface area contributed by atoms with E-state index in [4.69, 9.17) is 0 Å². The fraction of sp³-hybridized carbons (Fsp3) is 0.217. The maximum absolute atomic E-state index is 3.73. The lowest BCUT2D eigenvalue weighted by Gasteiger charge is -2.23. The van der Waals surface area contributed by atoms with Gasteiger partial charge in [0, 0.05) is 11.7 Å². The number of hydrogen-bond donors (Lipinski definition) is 2. The van der Waals surface area contributed by atoms with Crippen molar-refractivity contribution in [3.63, 3.8) is 0 Å². The quantitative estimate of drug-likeness (QED) is 0.716. The monoisotopic (exact) mass is 328 g/mol. The molecule has 1 aliphatic rings. The van der Waals surface area contributed by atoms with Gasteiger partial charge in [-0.1, -0.05) is 66.7 Å². The third kappa shape index (κ3) is 3.45. The lowest BCUT2D eigenvalue weighted by Crippen LogP contribution is -2.33. The van der Waals surface area contributed by atoms with Crippen LogP contribution in [-0.4, -0.2) is 13.1 Å². The molecule has 0 heterocycles. The Balaban J connectivity index is 1.49. The second kappa shape index (κ2) is 7.12. The first kappa shape index (κ1) is 15.9. The smallest absolute Gasteiger partial charge is 0.0672 e. The van der Waals surface area contributed by atoms with Crippen LogP contribution in [0.25, 0.3) is 0 Å². The fourth-order valence-electron chi connectivity index (χ4n) is 3.77. The maximum Gasteiger partial charge on any atom is 0.0672 e. The zero-order chi connectivity index (χ0) is 17.1. The fourth-order valence-corrected chi connectivity index (χ4v) is 3.77. The topological polar surface area (TPSA) is 24.1 Å². The SMILES string of the molecule is CNC1Cc2ccccc2C1Nc1ccc(Cc2ccccc2)cc1. The van der Waals surface area contributed by atoms with E-state index in [1.165, 1.54) is 27.9 Å². The molecule has 3 aromatic carbocycles. The van der Waals surface area contributed by atoms with Gasteiger partial charge in [-0.3, -0.25) is 0 Å². The predicted octanol–water partition coefficient (Wildman–Crippen LogP) is 4.57. The van der Waals surface area contributed by atoms with Crippen molar-refractivity contribution in [1.82, 2.24) is 5.32 Å². The van der Waals surface area contributed by atoms with Crippen molar-refractivity contribution in [2.75, 3.05) is 12.4 Å². The van der Waals surface area contributed by atoms with Crippen LogP contribution in [0.15, 0.2) is 78.9 Å². The summed E-state index contributed by atoms with van der Waals surface area (Å²) >= 11 is 0. The van der Waals surface area contributed by atoms with Gasteiger partial charge >= 0.3 is 0 Å². The molecule has 2 nitrogen and oxygen atoms in total. The lowest BCUT2D eigenvalue weighted by atomic mass is 10.0. The van der Waals surface area contributed by atoms with Gasteiger partial charge in [0.05, 0.1) is 6.04 Å². The van der Waals surface area contributed by atoms with Gasteiger partial charge < -0.3 is 10.6 Å². The second-order valence-corrected chi connectivity index (χ2v) is 6.78. The number of hydrogen-bond acceptors (Lipinski definition) is 2. The summed E-state index contributed by atoms with van der Waals surface area (Å²) in [4.78, 5) is 0. The third-order valence-electron chi connectivity index (χ3n) is 5.13. The van der Waals surface area contributed by atoms with Crippen molar-refractivity contribution in [2.45, 2.75) is 24.9 Å². The molecule has 0 bridgehead atoms. The average molecular weight is 328 g/mol. The van der Waals surface area contributed by atoms with Gasteiger partial charge in [0.25, 0.3) is 0 Å². The van der Waals surface area contributed by atoms with Gasteiger partial charge in [-0.2, -0.15) is 0 Å². The van der Waals surface area contributed by atoms with Crippen molar-refractivity contribution >= 4 is 5.69 Å². The minimum absolute atomic E-state index is 0.321. The Hall–Kier alpha value is -2.58. The zero-order valence-electron chi connectivity index (χ0n) is 14.6. The standard InChI is InChI=1S/C23H24N2/c1-24-22-16-19-9-5-6-10-21(19)23(22)25-20-13-11-18(12-14-20)15-17-7-3-2-4-8-17/h2-14,22-25H,15-16H2,1H3. The van der Waals surface area contributed by atoms with Crippen LogP contribution in [0, 0.1) is 0 Å².